The first-order chi connectivity index (χ1) is 16.2. The molecule has 10 nitrogen and oxygen atoms in total. The number of H-pyrrole nitrogens is 2. The summed E-state index contributed by atoms with van der Waals surface area (Å²) < 4.78 is 5.31. The van der Waals surface area contributed by atoms with Crippen LogP contribution in [-0.4, -0.2) is 80.4 Å². The van der Waals surface area contributed by atoms with Gasteiger partial charge in [0.05, 0.1) is 36.2 Å². The number of methoxy groups -OCH3 is 1. The van der Waals surface area contributed by atoms with Gasteiger partial charge < -0.3 is 19.5 Å². The maximum absolute atomic E-state index is 5.31. The minimum Gasteiger partial charge on any atom is -0.495 e. The minimum absolute atomic E-state index is 0.683. The molecule has 6 heterocycles. The quantitative estimate of drug-likeness (QED) is 0.438. The van der Waals surface area contributed by atoms with Gasteiger partial charge in [-0.15, -0.1) is 0 Å². The lowest BCUT2D eigenvalue weighted by molar-refractivity contribution is 0.312. The summed E-state index contributed by atoms with van der Waals surface area (Å²) >= 11 is 0. The number of aromatic amines is 2. The van der Waals surface area contributed by atoms with Crippen LogP contribution in [-0.2, 0) is 0 Å². The molecule has 1 fully saturated rings. The summed E-state index contributed by atoms with van der Waals surface area (Å²) in [6.07, 6.45) is 7.05. The molecular formula is C23H23N9O. The summed E-state index contributed by atoms with van der Waals surface area (Å²) in [6, 6.07) is 5.86. The zero-order valence-electron chi connectivity index (χ0n) is 18.4. The first-order valence-corrected chi connectivity index (χ1v) is 10.8. The van der Waals surface area contributed by atoms with E-state index in [1.807, 2.05) is 24.4 Å². The molecule has 1 saturated heterocycles. The van der Waals surface area contributed by atoms with E-state index in [0.717, 1.165) is 70.9 Å². The molecular weight excluding hydrogens is 418 g/mol. The standard InChI is InChI=1S/C23H23N9O/c1-31-5-7-32(8-6-31)23-21-17(3-4-25-23)27-22(28-21)20-16-10-18(26-13-19(16)29-30-20)14-9-15(33-2)12-24-11-14/h3-4,9-13H,5-8H2,1-2H3,(H,27,28)(H,29,30). The van der Waals surface area contributed by atoms with Crippen molar-refractivity contribution in [2.75, 3.05) is 45.2 Å². The molecule has 0 atom stereocenters. The lowest BCUT2D eigenvalue weighted by Gasteiger charge is -2.33. The van der Waals surface area contributed by atoms with Crippen molar-refractivity contribution in [2.24, 2.45) is 0 Å². The van der Waals surface area contributed by atoms with E-state index in [-0.39, 0.29) is 0 Å². The maximum atomic E-state index is 5.31. The predicted octanol–water partition coefficient (Wildman–Crippen LogP) is 2.72. The molecule has 1 aliphatic heterocycles. The number of aromatic nitrogens is 7. The Hall–Kier alpha value is -4.05. The first-order valence-electron chi connectivity index (χ1n) is 10.8. The van der Waals surface area contributed by atoms with Crippen LogP contribution in [0.4, 0.5) is 5.82 Å². The van der Waals surface area contributed by atoms with Crippen molar-refractivity contribution in [3.05, 3.63) is 43.0 Å². The van der Waals surface area contributed by atoms with E-state index in [4.69, 9.17) is 9.72 Å². The van der Waals surface area contributed by atoms with Crippen molar-refractivity contribution < 1.29 is 4.74 Å². The fraction of sp³-hybridized carbons (Fsp3) is 0.261. The summed E-state index contributed by atoms with van der Waals surface area (Å²) in [5.41, 5.74) is 5.03. The highest BCUT2D eigenvalue weighted by molar-refractivity contribution is 5.96. The Labute approximate surface area is 189 Å². The molecule has 5 aromatic heterocycles. The molecule has 2 N–H and O–H groups in total. The third kappa shape index (κ3) is 3.44. The third-order valence-corrected chi connectivity index (χ3v) is 6.10. The molecule has 0 aliphatic carbocycles. The van der Waals surface area contributed by atoms with Gasteiger partial charge >= 0.3 is 0 Å². The molecule has 0 radical (unpaired) electrons. The number of nitrogens with one attached hydrogen (secondary N) is 2. The topological polar surface area (TPSA) is 112 Å². The van der Waals surface area contributed by atoms with Gasteiger partial charge in [0.25, 0.3) is 0 Å². The van der Waals surface area contributed by atoms with Gasteiger partial charge in [-0.1, -0.05) is 0 Å². The molecule has 0 saturated carbocycles. The number of piperazine rings is 1. The number of imidazole rings is 1. The highest BCUT2D eigenvalue weighted by atomic mass is 16.5. The van der Waals surface area contributed by atoms with Crippen molar-refractivity contribution in [3.8, 4) is 28.5 Å². The van der Waals surface area contributed by atoms with E-state index >= 15 is 0 Å². The van der Waals surface area contributed by atoms with Gasteiger partial charge in [-0.3, -0.25) is 15.1 Å². The fourth-order valence-electron chi connectivity index (χ4n) is 4.21. The molecule has 0 bridgehead atoms. The Morgan fingerprint density at radius 1 is 1.00 bits per heavy atom. The van der Waals surface area contributed by atoms with Crippen LogP contribution in [0.15, 0.2) is 43.0 Å². The molecule has 5 aromatic rings. The van der Waals surface area contributed by atoms with Crippen LogP contribution in [0.25, 0.3) is 44.7 Å². The summed E-state index contributed by atoms with van der Waals surface area (Å²) in [7, 11) is 3.77. The van der Waals surface area contributed by atoms with Gasteiger partial charge in [-0.05, 0) is 25.2 Å². The Kier molecular flexibility index (Phi) is 4.65. The van der Waals surface area contributed by atoms with Gasteiger partial charge in [0.2, 0.25) is 0 Å². The van der Waals surface area contributed by atoms with Gasteiger partial charge in [-0.2, -0.15) is 5.10 Å². The molecule has 0 spiro atoms. The normalized spacial score (nSPS) is 14.9. The average Bonchev–Trinajstić information content (AvgIpc) is 3.48. The number of hydrogen-bond donors (Lipinski definition) is 2. The van der Waals surface area contributed by atoms with E-state index in [9.17, 15) is 0 Å². The summed E-state index contributed by atoms with van der Waals surface area (Å²) in [4.78, 5) is 26.4. The molecule has 1 aliphatic rings. The molecule has 0 aromatic carbocycles. The number of hydrogen-bond acceptors (Lipinski definition) is 8. The van der Waals surface area contributed by atoms with Crippen molar-refractivity contribution in [3.63, 3.8) is 0 Å². The Morgan fingerprint density at radius 3 is 2.73 bits per heavy atom. The van der Waals surface area contributed by atoms with Crippen LogP contribution in [0.3, 0.4) is 0 Å². The van der Waals surface area contributed by atoms with Crippen LogP contribution >= 0.6 is 0 Å². The zero-order valence-corrected chi connectivity index (χ0v) is 18.4. The van der Waals surface area contributed by atoms with Crippen LogP contribution < -0.4 is 9.64 Å². The molecule has 10 heteroatoms. The van der Waals surface area contributed by atoms with E-state index in [1.54, 1.807) is 25.7 Å². The second-order valence-corrected chi connectivity index (χ2v) is 8.21. The van der Waals surface area contributed by atoms with Crippen LogP contribution in [0.1, 0.15) is 0 Å². The van der Waals surface area contributed by atoms with Gasteiger partial charge in [0.15, 0.2) is 11.6 Å². The summed E-state index contributed by atoms with van der Waals surface area (Å²) in [5, 5.41) is 8.54. The van der Waals surface area contributed by atoms with Crippen LogP contribution in [0.5, 0.6) is 5.75 Å². The molecule has 33 heavy (non-hydrogen) atoms. The number of nitrogens with zero attached hydrogens (tertiary/aromatic N) is 7. The number of likely N-dealkylation sites (N-methyl/N-ethyl adjacent to an activating group) is 1. The predicted molar refractivity (Wildman–Crippen MR) is 126 cm³/mol. The molecule has 0 unspecified atom stereocenters. The van der Waals surface area contributed by atoms with Crippen molar-refractivity contribution in [1.29, 1.82) is 0 Å². The maximum Gasteiger partial charge on any atom is 0.159 e. The fourth-order valence-corrected chi connectivity index (χ4v) is 4.21. The monoisotopic (exact) mass is 441 g/mol. The number of pyridine rings is 3. The van der Waals surface area contributed by atoms with Crippen LogP contribution in [0.2, 0.25) is 0 Å². The lowest BCUT2D eigenvalue weighted by Crippen LogP contribution is -2.44. The number of anilines is 1. The zero-order chi connectivity index (χ0) is 22.4. The van der Waals surface area contributed by atoms with Crippen molar-refractivity contribution in [2.45, 2.75) is 0 Å². The summed E-state index contributed by atoms with van der Waals surface area (Å²) in [6.45, 7) is 3.88. The molecule has 6 rings (SSSR count). The second kappa shape index (κ2) is 7.82. The Balaban J connectivity index is 1.43. The van der Waals surface area contributed by atoms with E-state index in [1.165, 1.54) is 0 Å². The number of fused-ring (bicyclic) bond motifs is 2. The summed E-state index contributed by atoms with van der Waals surface area (Å²) in [5.74, 6) is 2.29. The third-order valence-electron chi connectivity index (χ3n) is 6.10. The van der Waals surface area contributed by atoms with Crippen molar-refractivity contribution in [1.82, 2.24) is 40.0 Å². The SMILES string of the molecule is COc1cncc(-c2cc3c(-c4nc5c(N6CCN(C)CC6)nccc5[nH]4)n[nH]c3cn2)c1. The number of ether oxygens (including phenoxy) is 1. The average molecular weight is 441 g/mol. The molecule has 0 amide bonds. The number of rotatable bonds is 4. The lowest BCUT2D eigenvalue weighted by atomic mass is 10.1. The highest BCUT2D eigenvalue weighted by Gasteiger charge is 2.21. The van der Waals surface area contributed by atoms with E-state index in [2.05, 4.69) is 47.0 Å². The molecule has 166 valence electrons. The van der Waals surface area contributed by atoms with Crippen molar-refractivity contribution >= 4 is 27.8 Å². The van der Waals surface area contributed by atoms with E-state index in [0.29, 0.717) is 11.6 Å². The first kappa shape index (κ1) is 19.6. The largest absolute Gasteiger partial charge is 0.495 e. The Bertz CT molecular complexity index is 1450. The second-order valence-electron chi connectivity index (χ2n) is 8.21. The van der Waals surface area contributed by atoms with Gasteiger partial charge in [0.1, 0.15) is 17.0 Å². The Morgan fingerprint density at radius 2 is 1.88 bits per heavy atom. The highest BCUT2D eigenvalue weighted by Crippen LogP contribution is 2.31. The van der Waals surface area contributed by atoms with Gasteiger partial charge in [-0.25, -0.2) is 9.97 Å². The van der Waals surface area contributed by atoms with Gasteiger partial charge in [0, 0.05) is 49.5 Å². The van der Waals surface area contributed by atoms with Crippen LogP contribution in [0, 0.1) is 0 Å². The minimum atomic E-state index is 0.683. The van der Waals surface area contributed by atoms with E-state index < -0.39 is 0 Å². The smallest absolute Gasteiger partial charge is 0.159 e.